The molecular weight excluding hydrogens is 664 g/mol. The van der Waals surface area contributed by atoms with E-state index in [-0.39, 0.29) is 58.7 Å². The fourth-order valence-electron chi connectivity index (χ4n) is 4.84. The maximum atomic E-state index is 15.8. The van der Waals surface area contributed by atoms with Crippen molar-refractivity contribution < 1.29 is 37.4 Å². The van der Waals surface area contributed by atoms with E-state index in [0.29, 0.717) is 57.7 Å². The number of aromatic nitrogens is 4. The van der Waals surface area contributed by atoms with Crippen LogP contribution in [0, 0.1) is 11.8 Å². The van der Waals surface area contributed by atoms with E-state index >= 15 is 8.78 Å². The molecule has 248 valence electrons. The van der Waals surface area contributed by atoms with E-state index in [9.17, 15) is 19.2 Å². The molecule has 0 bridgehead atoms. The molecule has 48 heavy (non-hydrogen) atoms. The highest BCUT2D eigenvalue weighted by atomic mass is 31.1. The van der Waals surface area contributed by atoms with Crippen LogP contribution in [0.2, 0.25) is 0 Å². The Bertz CT molecular complexity index is 1930. The highest BCUT2D eigenvalue weighted by Crippen LogP contribution is 2.52. The lowest BCUT2D eigenvalue weighted by atomic mass is 10.0. The largest absolute Gasteiger partial charge is 0.453 e. The number of fused-ring (bicyclic) bond motifs is 3. The summed E-state index contributed by atoms with van der Waals surface area (Å²) in [7, 11) is 1.99. The molecule has 0 aliphatic heterocycles. The normalized spacial score (nSPS) is 12.8. The lowest BCUT2D eigenvalue weighted by molar-refractivity contribution is -0.112. The highest BCUT2D eigenvalue weighted by Gasteiger charge is 2.44. The summed E-state index contributed by atoms with van der Waals surface area (Å²) in [5.41, 5.74) is 3.05. The van der Waals surface area contributed by atoms with Crippen molar-refractivity contribution in [2.45, 2.75) is 25.2 Å². The van der Waals surface area contributed by atoms with Crippen molar-refractivity contribution in [3.8, 4) is 34.2 Å². The van der Waals surface area contributed by atoms with E-state index in [1.54, 1.807) is 24.3 Å². The van der Waals surface area contributed by atoms with Gasteiger partial charge in [-0.25, -0.2) is 19.6 Å². The fraction of sp³-hybridized carbons (Fsp3) is 0.250. The zero-order valence-electron chi connectivity index (χ0n) is 25.8. The van der Waals surface area contributed by atoms with Crippen molar-refractivity contribution in [3.63, 3.8) is 0 Å². The summed E-state index contributed by atoms with van der Waals surface area (Å²) >= 11 is 0. The monoisotopic (exact) mass is 694 g/mol. The number of imidazole rings is 2. The molecule has 4 aromatic rings. The molecule has 12 nitrogen and oxygen atoms in total. The Hall–Kier alpha value is -4.98. The number of hydrogen-bond acceptors (Lipinski definition) is 8. The van der Waals surface area contributed by atoms with Crippen LogP contribution in [0.5, 0.6) is 0 Å². The van der Waals surface area contributed by atoms with Crippen LogP contribution in [0.3, 0.4) is 0 Å². The van der Waals surface area contributed by atoms with Crippen molar-refractivity contribution >= 4 is 51.5 Å². The van der Waals surface area contributed by atoms with Crippen LogP contribution in [-0.2, 0) is 25.0 Å². The van der Waals surface area contributed by atoms with Gasteiger partial charge < -0.3 is 30.1 Å². The minimum absolute atomic E-state index is 0.0376. The quantitative estimate of drug-likeness (QED) is 0.0986. The molecule has 1 aliphatic carbocycles. The maximum absolute atomic E-state index is 15.8. The molecule has 2 aromatic heterocycles. The number of carbonyl (C=O) groups excluding carboxylic acids is 4. The molecule has 2 unspecified atom stereocenters. The average Bonchev–Trinajstić information content (AvgIpc) is 3.79. The van der Waals surface area contributed by atoms with Gasteiger partial charge in [-0.3, -0.25) is 9.59 Å². The third-order valence-electron chi connectivity index (χ3n) is 7.17. The maximum Gasteiger partial charge on any atom is 0.406 e. The zero-order chi connectivity index (χ0) is 34.3. The molecule has 2 heterocycles. The Morgan fingerprint density at radius 1 is 0.812 bits per heavy atom. The van der Waals surface area contributed by atoms with Crippen LogP contribution in [-0.4, -0.2) is 70.5 Å². The van der Waals surface area contributed by atoms with Gasteiger partial charge in [0.25, 0.3) is 5.92 Å². The fourth-order valence-corrected chi connectivity index (χ4v) is 6.57. The van der Waals surface area contributed by atoms with E-state index in [2.05, 4.69) is 51.9 Å². The second-order valence-electron chi connectivity index (χ2n) is 10.4. The Labute approximate surface area is 277 Å². The molecule has 5 rings (SSSR count). The van der Waals surface area contributed by atoms with E-state index in [0.717, 1.165) is 0 Å². The number of H-pyrrole nitrogens is 2. The number of ether oxygens (including phenoxy) is 2. The number of amides is 2. The van der Waals surface area contributed by atoms with Crippen LogP contribution in [0.1, 0.15) is 41.6 Å². The molecular formula is C32H30F2N6O6P2. The molecule has 2 aromatic carbocycles. The van der Waals surface area contributed by atoms with Crippen LogP contribution in [0.15, 0.2) is 48.8 Å². The smallest absolute Gasteiger partial charge is 0.406 e. The van der Waals surface area contributed by atoms with Gasteiger partial charge in [-0.05, 0) is 41.7 Å². The van der Waals surface area contributed by atoms with Gasteiger partial charge >= 0.3 is 12.2 Å². The summed E-state index contributed by atoms with van der Waals surface area (Å²) in [5.74, 6) is 2.51. The molecule has 0 spiro atoms. The lowest BCUT2D eigenvalue weighted by Gasteiger charge is -2.13. The molecule has 0 radical (unpaired) electrons. The van der Waals surface area contributed by atoms with Crippen molar-refractivity contribution in [2.24, 2.45) is 0 Å². The number of aromatic amines is 2. The summed E-state index contributed by atoms with van der Waals surface area (Å²) in [6, 6.07) is 9.47. The number of rotatable bonds is 12. The second kappa shape index (κ2) is 15.3. The Morgan fingerprint density at radius 2 is 1.44 bits per heavy atom. The average molecular weight is 695 g/mol. The summed E-state index contributed by atoms with van der Waals surface area (Å²) in [5, 5.41) is 4.96. The number of carbonyl (C=O) groups is 4. The number of alkyl carbamates (subject to hydrolysis) is 2. The van der Waals surface area contributed by atoms with E-state index in [4.69, 9.17) is 0 Å². The first-order chi connectivity index (χ1) is 23.1. The summed E-state index contributed by atoms with van der Waals surface area (Å²) in [6.45, 7) is 0.451. The van der Waals surface area contributed by atoms with Gasteiger partial charge in [-0.1, -0.05) is 24.1 Å². The lowest BCUT2D eigenvalue weighted by Crippen LogP contribution is -2.25. The number of benzene rings is 2. The topological polar surface area (TPSA) is 168 Å². The van der Waals surface area contributed by atoms with Gasteiger partial charge in [0.1, 0.15) is 16.8 Å². The van der Waals surface area contributed by atoms with Gasteiger partial charge in [0.2, 0.25) is 0 Å². The number of nitrogens with zero attached hydrogens (tertiary/aromatic N) is 2. The van der Waals surface area contributed by atoms with Gasteiger partial charge in [0.05, 0.1) is 32.3 Å². The molecule has 0 fully saturated rings. The van der Waals surface area contributed by atoms with Crippen LogP contribution < -0.4 is 21.8 Å². The van der Waals surface area contributed by atoms with Gasteiger partial charge in [-0.2, -0.15) is 8.78 Å². The molecule has 2 amide bonds. The number of alkyl halides is 2. The minimum atomic E-state index is -3.28. The molecule has 0 saturated carbocycles. The number of halogens is 2. The second-order valence-corrected chi connectivity index (χ2v) is 13.0. The minimum Gasteiger partial charge on any atom is -0.453 e. The Morgan fingerprint density at radius 3 is 2.17 bits per heavy atom. The molecule has 2 atom stereocenters. The first-order valence-electron chi connectivity index (χ1n) is 14.6. The standard InChI is InChI=1S/C32H30F2N6O6P2/c1-45-30(43)35-12-3-4-26(41)47-28-37-16-20(39-28)8-5-18-6-9-21-22-10-7-19(15-24(22)32(33,34)23(21)14-18)25-17-38-29(40-25)48-27(42)11-13-36-31(44)46-2/h6-7,9-10,14-17,47-48H,3-4,11-13H2,1-2H3,(H,35,43)(H,36,44)(H,37,39)(H,38,40). The van der Waals surface area contributed by atoms with Crippen LogP contribution >= 0.6 is 17.2 Å². The SMILES string of the molecule is COC(=O)NCCCC(=O)Pc1ncc(C#Cc2ccc3c(c2)C(F)(F)c2cc(-c4cnc(PC(=O)CCNC(=O)OC)[nH]4)ccc2-3)[nH]1. The molecule has 1 aliphatic rings. The Balaban J connectivity index is 1.22. The molecule has 4 N–H and O–H groups in total. The molecule has 16 heteroatoms. The van der Waals surface area contributed by atoms with Gasteiger partial charge in [-0.15, -0.1) is 0 Å². The molecule has 0 saturated heterocycles. The van der Waals surface area contributed by atoms with Gasteiger partial charge in [0, 0.05) is 65.3 Å². The van der Waals surface area contributed by atoms with Crippen molar-refractivity contribution in [1.29, 1.82) is 0 Å². The number of methoxy groups -OCH3 is 2. The Kier molecular flexibility index (Phi) is 10.9. The number of hydrogen-bond donors (Lipinski definition) is 4. The van der Waals surface area contributed by atoms with Crippen LogP contribution in [0.25, 0.3) is 22.4 Å². The number of nitrogens with one attached hydrogen (secondary N) is 4. The van der Waals surface area contributed by atoms with Crippen LogP contribution in [0.4, 0.5) is 18.4 Å². The third-order valence-corrected chi connectivity index (χ3v) is 9.21. The highest BCUT2D eigenvalue weighted by molar-refractivity contribution is 7.65. The predicted octanol–water partition coefficient (Wildman–Crippen LogP) is 3.86. The zero-order valence-corrected chi connectivity index (χ0v) is 27.8. The first kappa shape index (κ1) is 34.4. The summed E-state index contributed by atoms with van der Waals surface area (Å²) < 4.78 is 40.6. The summed E-state index contributed by atoms with van der Waals surface area (Å²) in [6.07, 6.45) is 2.64. The van der Waals surface area contributed by atoms with Gasteiger partial charge in [0.15, 0.2) is 11.0 Å². The van der Waals surface area contributed by atoms with Crippen molar-refractivity contribution in [1.82, 2.24) is 30.6 Å². The predicted molar refractivity (Wildman–Crippen MR) is 178 cm³/mol. The van der Waals surface area contributed by atoms with E-state index in [1.165, 1.54) is 38.7 Å². The third kappa shape index (κ3) is 8.29. The van der Waals surface area contributed by atoms with Crippen molar-refractivity contribution in [2.75, 3.05) is 27.3 Å². The van der Waals surface area contributed by atoms with E-state index < -0.39 is 18.1 Å². The van der Waals surface area contributed by atoms with Crippen molar-refractivity contribution in [3.05, 3.63) is 71.2 Å². The summed E-state index contributed by atoms with van der Waals surface area (Å²) in [4.78, 5) is 61.2. The van der Waals surface area contributed by atoms with E-state index in [1.807, 2.05) is 0 Å². The first-order valence-corrected chi connectivity index (χ1v) is 16.6.